The van der Waals surface area contributed by atoms with Gasteiger partial charge < -0.3 is 4.42 Å². The van der Waals surface area contributed by atoms with Gasteiger partial charge in [0.2, 0.25) is 0 Å². The van der Waals surface area contributed by atoms with Crippen LogP contribution in [0.5, 0.6) is 0 Å². The van der Waals surface area contributed by atoms with Crippen LogP contribution in [0.3, 0.4) is 0 Å². The number of thioether (sulfide) groups is 1. The third-order valence-corrected chi connectivity index (χ3v) is 3.28. The summed E-state index contributed by atoms with van der Waals surface area (Å²) in [6, 6.07) is 4.07. The third-order valence-electron chi connectivity index (χ3n) is 1.98. The summed E-state index contributed by atoms with van der Waals surface area (Å²) >= 11 is 1.93. The molecule has 0 aliphatic carbocycles. The number of furan rings is 1. The summed E-state index contributed by atoms with van der Waals surface area (Å²) in [6.45, 7) is 5.29. The Morgan fingerprint density at radius 1 is 1.58 bits per heavy atom. The monoisotopic (exact) mass is 183 g/mol. The fourth-order valence-electron chi connectivity index (χ4n) is 1.36. The predicted molar refractivity (Wildman–Crippen MR) is 51.2 cm³/mol. The summed E-state index contributed by atoms with van der Waals surface area (Å²) < 4.78 is 5.53. The fraction of sp³-hybridized carbons (Fsp3) is 0.556. The van der Waals surface area contributed by atoms with Crippen LogP contribution in [0, 0.1) is 6.92 Å². The van der Waals surface area contributed by atoms with Gasteiger partial charge in [0.25, 0.3) is 0 Å². The Bertz CT molecular complexity index is 271. The van der Waals surface area contributed by atoms with Gasteiger partial charge in [-0.1, -0.05) is 6.92 Å². The minimum Gasteiger partial charge on any atom is -0.464 e. The Hall–Kier alpha value is -0.410. The van der Waals surface area contributed by atoms with Crippen molar-refractivity contribution in [1.29, 1.82) is 0 Å². The Labute approximate surface area is 76.7 Å². The molecule has 0 radical (unpaired) electrons. The quantitative estimate of drug-likeness (QED) is 0.723. The number of hydrogen-bond acceptors (Lipinski definition) is 3. The van der Waals surface area contributed by atoms with Crippen molar-refractivity contribution in [3.05, 3.63) is 23.7 Å². The zero-order chi connectivity index (χ0) is 8.55. The van der Waals surface area contributed by atoms with E-state index >= 15 is 0 Å². The topological polar surface area (TPSA) is 25.2 Å². The first kappa shape index (κ1) is 8.20. The summed E-state index contributed by atoms with van der Waals surface area (Å²) in [7, 11) is 0. The Kier molecular flexibility index (Phi) is 2.15. The molecule has 2 nitrogen and oxygen atoms in total. The highest BCUT2D eigenvalue weighted by molar-refractivity contribution is 8.00. The molecular formula is C9H13NOS. The Morgan fingerprint density at radius 2 is 2.42 bits per heavy atom. The molecule has 1 N–H and O–H groups in total. The van der Waals surface area contributed by atoms with Crippen LogP contribution in [0.25, 0.3) is 0 Å². The molecule has 12 heavy (non-hydrogen) atoms. The van der Waals surface area contributed by atoms with Gasteiger partial charge in [-0.3, -0.25) is 5.32 Å². The molecular weight excluding hydrogens is 170 g/mol. The lowest BCUT2D eigenvalue weighted by Gasteiger charge is -2.04. The largest absolute Gasteiger partial charge is 0.464 e. The molecule has 0 aromatic carbocycles. The van der Waals surface area contributed by atoms with Gasteiger partial charge in [-0.15, -0.1) is 11.8 Å². The van der Waals surface area contributed by atoms with Crippen LogP contribution in [-0.4, -0.2) is 11.8 Å². The highest BCUT2D eigenvalue weighted by Crippen LogP contribution is 2.35. The molecule has 1 aliphatic heterocycles. The minimum absolute atomic E-state index is 0.369. The molecule has 2 atom stereocenters. The average Bonchev–Trinajstić information content (AvgIpc) is 2.58. The maximum Gasteiger partial charge on any atom is 0.131 e. The van der Waals surface area contributed by atoms with Gasteiger partial charge in [-0.25, -0.2) is 0 Å². The SMILES string of the molecule is Cc1ccc(C2NCC(C)S2)o1. The van der Waals surface area contributed by atoms with Crippen molar-refractivity contribution >= 4 is 11.8 Å². The number of hydrogen-bond donors (Lipinski definition) is 1. The lowest BCUT2D eigenvalue weighted by atomic mass is 10.4. The van der Waals surface area contributed by atoms with Crippen molar-refractivity contribution in [1.82, 2.24) is 5.32 Å². The van der Waals surface area contributed by atoms with Crippen molar-refractivity contribution in [3.8, 4) is 0 Å². The van der Waals surface area contributed by atoms with E-state index in [2.05, 4.69) is 18.3 Å². The van der Waals surface area contributed by atoms with Crippen LogP contribution in [0.15, 0.2) is 16.5 Å². The summed E-state index contributed by atoms with van der Waals surface area (Å²) in [5.41, 5.74) is 0. The molecule has 1 aromatic heterocycles. The molecule has 0 saturated carbocycles. The van der Waals surface area contributed by atoms with E-state index in [1.807, 2.05) is 24.8 Å². The lowest BCUT2D eigenvalue weighted by molar-refractivity contribution is 0.465. The van der Waals surface area contributed by atoms with Gasteiger partial charge in [0, 0.05) is 11.8 Å². The zero-order valence-electron chi connectivity index (χ0n) is 7.33. The Balaban J connectivity index is 2.11. The maximum absolute atomic E-state index is 5.53. The number of aryl methyl sites for hydroxylation is 1. The second-order valence-electron chi connectivity index (χ2n) is 3.18. The van der Waals surface area contributed by atoms with E-state index in [-0.39, 0.29) is 0 Å². The van der Waals surface area contributed by atoms with E-state index in [1.165, 1.54) is 0 Å². The second-order valence-corrected chi connectivity index (χ2v) is 4.73. The lowest BCUT2D eigenvalue weighted by Crippen LogP contribution is -2.13. The van der Waals surface area contributed by atoms with Gasteiger partial charge in [-0.05, 0) is 19.1 Å². The first-order chi connectivity index (χ1) is 5.75. The second kappa shape index (κ2) is 3.15. The van der Waals surface area contributed by atoms with Crippen LogP contribution in [-0.2, 0) is 0 Å². The van der Waals surface area contributed by atoms with Gasteiger partial charge in [0.05, 0.1) is 0 Å². The molecule has 1 fully saturated rings. The molecule has 66 valence electrons. The molecule has 2 heterocycles. The van der Waals surface area contributed by atoms with E-state index in [4.69, 9.17) is 4.42 Å². The summed E-state index contributed by atoms with van der Waals surface area (Å²) in [6.07, 6.45) is 0. The number of rotatable bonds is 1. The summed E-state index contributed by atoms with van der Waals surface area (Å²) in [5.74, 6) is 2.05. The van der Waals surface area contributed by atoms with Crippen LogP contribution in [0.4, 0.5) is 0 Å². The average molecular weight is 183 g/mol. The van der Waals surface area contributed by atoms with Crippen molar-refractivity contribution in [2.75, 3.05) is 6.54 Å². The standard InChI is InChI=1S/C9H13NOS/c1-6-3-4-8(11-6)9-10-5-7(2)12-9/h3-4,7,9-10H,5H2,1-2H3. The first-order valence-corrected chi connectivity index (χ1v) is 5.15. The van der Waals surface area contributed by atoms with Gasteiger partial charge >= 0.3 is 0 Å². The van der Waals surface area contributed by atoms with E-state index in [0.717, 1.165) is 18.1 Å². The van der Waals surface area contributed by atoms with E-state index < -0.39 is 0 Å². The molecule has 0 spiro atoms. The van der Waals surface area contributed by atoms with Crippen molar-refractivity contribution in [2.24, 2.45) is 0 Å². The zero-order valence-corrected chi connectivity index (χ0v) is 8.15. The summed E-state index contributed by atoms with van der Waals surface area (Å²) in [4.78, 5) is 0. The molecule has 1 saturated heterocycles. The smallest absolute Gasteiger partial charge is 0.131 e. The molecule has 2 rings (SSSR count). The molecule has 1 aliphatic rings. The van der Waals surface area contributed by atoms with E-state index in [1.54, 1.807) is 0 Å². The van der Waals surface area contributed by atoms with Crippen LogP contribution >= 0.6 is 11.8 Å². The fourth-order valence-corrected chi connectivity index (χ4v) is 2.47. The Morgan fingerprint density at radius 3 is 2.92 bits per heavy atom. The predicted octanol–water partition coefficient (Wildman–Crippen LogP) is 2.31. The van der Waals surface area contributed by atoms with Gasteiger partial charge in [-0.2, -0.15) is 0 Å². The van der Waals surface area contributed by atoms with Crippen molar-refractivity contribution in [2.45, 2.75) is 24.5 Å². The van der Waals surface area contributed by atoms with Crippen molar-refractivity contribution in [3.63, 3.8) is 0 Å². The third kappa shape index (κ3) is 1.52. The molecule has 0 bridgehead atoms. The van der Waals surface area contributed by atoms with Crippen LogP contribution in [0.2, 0.25) is 0 Å². The minimum atomic E-state index is 0.369. The maximum atomic E-state index is 5.53. The molecule has 3 heteroatoms. The van der Waals surface area contributed by atoms with Crippen LogP contribution < -0.4 is 5.32 Å². The molecule has 0 amide bonds. The molecule has 2 unspecified atom stereocenters. The van der Waals surface area contributed by atoms with E-state index in [9.17, 15) is 0 Å². The highest BCUT2D eigenvalue weighted by atomic mass is 32.2. The molecule has 1 aromatic rings. The first-order valence-electron chi connectivity index (χ1n) is 4.21. The normalized spacial score (nSPS) is 29.5. The van der Waals surface area contributed by atoms with E-state index in [0.29, 0.717) is 10.6 Å². The van der Waals surface area contributed by atoms with Gasteiger partial charge in [0.1, 0.15) is 16.9 Å². The van der Waals surface area contributed by atoms with Crippen molar-refractivity contribution < 1.29 is 4.42 Å². The summed E-state index contributed by atoms with van der Waals surface area (Å²) in [5, 5.41) is 4.47. The highest BCUT2D eigenvalue weighted by Gasteiger charge is 2.24. The van der Waals surface area contributed by atoms with Gasteiger partial charge in [0.15, 0.2) is 0 Å². The number of nitrogens with one attached hydrogen (secondary N) is 1. The van der Waals surface area contributed by atoms with Crippen LogP contribution in [0.1, 0.15) is 23.8 Å².